The fraction of sp³-hybridized carbons (Fsp3) is 0.300. The van der Waals surface area contributed by atoms with Gasteiger partial charge in [-0.15, -0.1) is 0 Å². The molecule has 15 heavy (non-hydrogen) atoms. The van der Waals surface area contributed by atoms with Crippen LogP contribution in [0.3, 0.4) is 0 Å². The average molecular weight is 215 g/mol. The number of phenols is 2. The summed E-state index contributed by atoms with van der Waals surface area (Å²) in [6.07, 6.45) is -2.08. The topological polar surface area (TPSA) is 104 Å². The van der Waals surface area contributed by atoms with Gasteiger partial charge in [0, 0.05) is 0 Å². The highest BCUT2D eigenvalue weighted by molar-refractivity contribution is 5.82. The number of nitrogens with two attached hydrogens (primary N) is 1. The molecule has 0 amide bonds. The number of benzene rings is 1. The van der Waals surface area contributed by atoms with Crippen molar-refractivity contribution in [3.05, 3.63) is 23.7 Å². The Balaban J connectivity index is 3.57. The van der Waals surface area contributed by atoms with Gasteiger partial charge < -0.3 is 21.1 Å². The van der Waals surface area contributed by atoms with Gasteiger partial charge in [-0.05, 0) is 24.6 Å². The summed E-state index contributed by atoms with van der Waals surface area (Å²) in [5, 5.41) is 28.6. The van der Waals surface area contributed by atoms with E-state index in [0.29, 0.717) is 0 Å². The Hall–Kier alpha value is -1.59. The average Bonchev–Trinajstić information content (AvgIpc) is 2.33. The number of aromatic hydroxyl groups is 2. The van der Waals surface area contributed by atoms with Crippen LogP contribution < -0.4 is 5.73 Å². The van der Waals surface area contributed by atoms with Crippen molar-refractivity contribution in [2.75, 3.05) is 0 Å². The summed E-state index contributed by atoms with van der Waals surface area (Å²) in [5.74, 6) is -2.92. The second-order valence-corrected chi connectivity index (χ2v) is 2.90. The molecule has 5 N–H and O–H groups in total. The molecule has 0 aromatic heterocycles. The van der Waals surface area contributed by atoms with E-state index in [9.17, 15) is 20.1 Å². The van der Waals surface area contributed by atoms with Crippen molar-refractivity contribution >= 4 is 5.78 Å². The first-order valence-corrected chi connectivity index (χ1v) is 4.03. The van der Waals surface area contributed by atoms with Crippen LogP contribution >= 0.6 is 0 Å². The summed E-state index contributed by atoms with van der Waals surface area (Å²) < 4.78 is 29.9. The molecule has 1 rings (SSSR count). The second-order valence-electron chi connectivity index (χ2n) is 2.90. The van der Waals surface area contributed by atoms with E-state index in [1.54, 1.807) is 0 Å². The van der Waals surface area contributed by atoms with E-state index in [0.717, 1.165) is 6.92 Å². The lowest BCUT2D eigenvalue weighted by Crippen LogP contribution is -2.35. The van der Waals surface area contributed by atoms with Gasteiger partial charge in [-0.3, -0.25) is 4.79 Å². The molecular formula is C10H13NO4. The highest BCUT2D eigenvalue weighted by Crippen LogP contribution is 2.28. The monoisotopic (exact) mass is 215 g/mol. The van der Waals surface area contributed by atoms with Gasteiger partial charge in [-0.25, -0.2) is 0 Å². The maximum Gasteiger partial charge on any atom is 0.157 e. The van der Waals surface area contributed by atoms with E-state index in [1.807, 2.05) is 0 Å². The maximum absolute atomic E-state index is 11.2. The van der Waals surface area contributed by atoms with Crippen molar-refractivity contribution in [1.29, 1.82) is 0 Å². The molecule has 82 valence electrons. The van der Waals surface area contributed by atoms with Crippen molar-refractivity contribution in [3.63, 3.8) is 0 Å². The first-order valence-electron chi connectivity index (χ1n) is 6.03. The molecule has 0 bridgehead atoms. The van der Waals surface area contributed by atoms with Gasteiger partial charge in [0.1, 0.15) is 11.9 Å². The van der Waals surface area contributed by atoms with Crippen molar-refractivity contribution in [3.8, 4) is 11.5 Å². The van der Waals surface area contributed by atoms with Gasteiger partial charge in [0.25, 0.3) is 0 Å². The fourth-order valence-corrected chi connectivity index (χ4v) is 0.889. The summed E-state index contributed by atoms with van der Waals surface area (Å²) in [6, 6.07) is -4.99. The molecule has 0 saturated carbocycles. The number of aliphatic hydroxyl groups is 1. The van der Waals surface area contributed by atoms with Gasteiger partial charge in [-0.1, -0.05) is 6.04 Å². The van der Waals surface area contributed by atoms with Gasteiger partial charge in [0.2, 0.25) is 0 Å². The molecular weight excluding hydrogens is 198 g/mol. The van der Waals surface area contributed by atoms with Crippen molar-refractivity contribution < 1.29 is 25.6 Å². The molecule has 0 spiro atoms. The van der Waals surface area contributed by atoms with Gasteiger partial charge in [-0.2, -0.15) is 0 Å². The number of carbonyl (C=O) groups is 1. The predicted octanol–water partition coefficient (Wildman–Crippen LogP) is 0.0475. The minimum absolute atomic E-state index is 0.659. The number of carbonyl (C=O) groups excluding carboxylic acids is 1. The Kier molecular flexibility index (Phi) is 1.95. The number of hydrogen-bond acceptors (Lipinski definition) is 5. The van der Waals surface area contributed by atoms with E-state index >= 15 is 0 Å². The third-order valence-corrected chi connectivity index (χ3v) is 1.77. The minimum atomic E-state index is -2.53. The van der Waals surface area contributed by atoms with Crippen LogP contribution in [0.4, 0.5) is 0 Å². The lowest BCUT2D eigenvalue weighted by molar-refractivity contribution is -0.120. The molecule has 0 radical (unpaired) electrons. The summed E-state index contributed by atoms with van der Waals surface area (Å²) in [6.45, 7) is 0.950. The maximum atomic E-state index is 11.2. The Morgan fingerprint density at radius 3 is 2.67 bits per heavy atom. The quantitative estimate of drug-likeness (QED) is 0.533. The Morgan fingerprint density at radius 1 is 1.53 bits per heavy atom. The van der Waals surface area contributed by atoms with E-state index in [4.69, 9.17) is 11.2 Å². The van der Waals surface area contributed by atoms with E-state index < -0.39 is 53.1 Å². The number of ketones is 1. The smallest absolute Gasteiger partial charge is 0.157 e. The van der Waals surface area contributed by atoms with Crippen LogP contribution in [-0.4, -0.2) is 27.1 Å². The normalized spacial score (nSPS) is 20.5. The summed E-state index contributed by atoms with van der Waals surface area (Å²) in [4.78, 5) is 11.2. The van der Waals surface area contributed by atoms with Crippen LogP contribution in [-0.2, 0) is 4.79 Å². The highest BCUT2D eigenvalue weighted by atomic mass is 16.3. The first-order chi connectivity index (χ1) is 8.53. The number of hydrogen-bond donors (Lipinski definition) is 4. The van der Waals surface area contributed by atoms with Crippen LogP contribution in [0.5, 0.6) is 11.5 Å². The number of Topliss-reactive ketones (excluding diaryl/α,β-unsaturated/α-hetero) is 1. The molecule has 0 aliphatic heterocycles. The van der Waals surface area contributed by atoms with Crippen molar-refractivity contribution in [2.24, 2.45) is 5.73 Å². The van der Waals surface area contributed by atoms with E-state index in [2.05, 4.69) is 0 Å². The second kappa shape index (κ2) is 4.29. The molecule has 1 aromatic rings. The van der Waals surface area contributed by atoms with E-state index in [-0.39, 0.29) is 0 Å². The van der Waals surface area contributed by atoms with Crippen LogP contribution in [0.2, 0.25) is 0 Å². The summed E-state index contributed by atoms with van der Waals surface area (Å²) >= 11 is 0. The highest BCUT2D eigenvalue weighted by Gasteiger charge is 2.21. The molecule has 0 aliphatic carbocycles. The predicted molar refractivity (Wildman–Crippen MR) is 53.4 cm³/mol. The standard InChI is InChI=1S/C10H13NO4/c1-5(12)9(11)10(15)6-2-3-7(13)8(14)4-6/h2-4,9-10,13-15H,11H2,1H3/i2D,3D,4D,9D. The number of aliphatic hydroxyl groups excluding tert-OH is 1. The molecule has 0 heterocycles. The van der Waals surface area contributed by atoms with Crippen LogP contribution in [0, 0.1) is 0 Å². The SMILES string of the molecule is [2H]c1c([2H])c(C(O)C([2H])(N)C(C)=O)c([2H])c(O)c1O. The molecule has 0 aliphatic rings. The minimum Gasteiger partial charge on any atom is -0.504 e. The van der Waals surface area contributed by atoms with Crippen LogP contribution in [0.15, 0.2) is 18.1 Å². The fourth-order valence-electron chi connectivity index (χ4n) is 0.889. The lowest BCUT2D eigenvalue weighted by atomic mass is 10.00. The van der Waals surface area contributed by atoms with Gasteiger partial charge in [0.15, 0.2) is 11.5 Å². The van der Waals surface area contributed by atoms with Gasteiger partial charge in [0.05, 0.1) is 11.5 Å². The third kappa shape index (κ3) is 2.45. The van der Waals surface area contributed by atoms with Crippen LogP contribution in [0.25, 0.3) is 0 Å². The molecule has 5 nitrogen and oxygen atoms in total. The molecule has 5 heteroatoms. The zero-order chi connectivity index (χ0) is 15.1. The van der Waals surface area contributed by atoms with E-state index in [1.165, 1.54) is 0 Å². The largest absolute Gasteiger partial charge is 0.504 e. The lowest BCUT2D eigenvalue weighted by Gasteiger charge is -2.16. The molecule has 1 aromatic carbocycles. The van der Waals surface area contributed by atoms with Crippen LogP contribution in [0.1, 0.15) is 24.1 Å². The zero-order valence-corrected chi connectivity index (χ0v) is 7.90. The molecule has 0 fully saturated rings. The molecule has 0 saturated heterocycles. The Morgan fingerprint density at radius 2 is 2.13 bits per heavy atom. The molecule has 2 atom stereocenters. The van der Waals surface area contributed by atoms with Gasteiger partial charge >= 0.3 is 0 Å². The number of rotatable bonds is 3. The first kappa shape index (κ1) is 6.81. The molecule has 2 unspecified atom stereocenters. The number of phenolic OH excluding ortho intramolecular Hbond substituents is 2. The third-order valence-electron chi connectivity index (χ3n) is 1.77. The van der Waals surface area contributed by atoms with Crippen molar-refractivity contribution in [1.82, 2.24) is 0 Å². The Bertz CT molecular complexity index is 518. The zero-order valence-electron chi connectivity index (χ0n) is 11.9. The summed E-state index contributed by atoms with van der Waals surface area (Å²) in [7, 11) is 0. The Labute approximate surface area is 92.4 Å². The summed E-state index contributed by atoms with van der Waals surface area (Å²) in [5.41, 5.74) is 4.65. The van der Waals surface area contributed by atoms with Crippen molar-refractivity contribution in [2.45, 2.75) is 19.0 Å².